The molecule has 1 aromatic heterocycles. The third-order valence-corrected chi connectivity index (χ3v) is 3.06. The summed E-state index contributed by atoms with van der Waals surface area (Å²) in [5.41, 5.74) is 0.00871. The Morgan fingerprint density at radius 1 is 1.39 bits per heavy atom. The minimum Gasteiger partial charge on any atom is -0.383 e. The normalized spacial score (nSPS) is 13.1. The van der Waals surface area contributed by atoms with Crippen molar-refractivity contribution in [1.29, 1.82) is 0 Å². The van der Waals surface area contributed by atoms with Crippen LogP contribution in [-0.4, -0.2) is 30.7 Å². The summed E-state index contributed by atoms with van der Waals surface area (Å²) < 4.78 is 0. The number of nitrogens with one attached hydrogen (secondary N) is 2. The van der Waals surface area contributed by atoms with Crippen molar-refractivity contribution in [3.8, 4) is 0 Å². The van der Waals surface area contributed by atoms with Crippen LogP contribution in [0, 0.1) is 0 Å². The number of halogens is 1. The van der Waals surface area contributed by atoms with Gasteiger partial charge in [0.25, 0.3) is 0 Å². The zero-order valence-electron chi connectivity index (χ0n) is 11.1. The Kier molecular flexibility index (Phi) is 8.54. The van der Waals surface area contributed by atoms with Crippen molar-refractivity contribution in [3.63, 3.8) is 0 Å². The van der Waals surface area contributed by atoms with E-state index in [0.717, 1.165) is 24.6 Å². The van der Waals surface area contributed by atoms with E-state index in [9.17, 15) is 5.11 Å². The van der Waals surface area contributed by atoms with Gasteiger partial charge in [0, 0.05) is 13.1 Å². The van der Waals surface area contributed by atoms with Crippen LogP contribution >= 0.6 is 35.3 Å². The number of rotatable bonds is 5. The molecule has 18 heavy (non-hydrogen) atoms. The van der Waals surface area contributed by atoms with Crippen molar-refractivity contribution in [2.24, 2.45) is 4.99 Å². The first-order chi connectivity index (χ1) is 8.10. The lowest BCUT2D eigenvalue weighted by atomic mass is 10.00. The summed E-state index contributed by atoms with van der Waals surface area (Å²) >= 11 is 1.58. The SMILES string of the molecule is CCNC(=NCC(C)(O)c1ccsc1)NCC.I. The molecule has 0 radical (unpaired) electrons. The number of aliphatic hydroxyl groups is 1. The molecule has 0 amide bonds. The highest BCUT2D eigenvalue weighted by Gasteiger charge is 2.23. The molecule has 0 aliphatic heterocycles. The molecular weight excluding hydrogens is 361 g/mol. The van der Waals surface area contributed by atoms with Crippen molar-refractivity contribution in [2.75, 3.05) is 19.6 Å². The molecule has 1 rings (SSSR count). The Balaban J connectivity index is 0.00000289. The van der Waals surface area contributed by atoms with Gasteiger partial charge in [0.1, 0.15) is 5.60 Å². The summed E-state index contributed by atoms with van der Waals surface area (Å²) in [4.78, 5) is 4.38. The molecule has 0 saturated carbocycles. The van der Waals surface area contributed by atoms with Crippen LogP contribution in [0.1, 0.15) is 26.3 Å². The molecule has 0 aromatic carbocycles. The molecule has 1 aromatic rings. The number of guanidine groups is 1. The Morgan fingerprint density at radius 3 is 2.44 bits per heavy atom. The Hall–Kier alpha value is -0.340. The topological polar surface area (TPSA) is 56.7 Å². The third-order valence-electron chi connectivity index (χ3n) is 2.38. The second kappa shape index (κ2) is 8.71. The molecule has 3 N–H and O–H groups in total. The molecule has 0 aliphatic rings. The second-order valence-corrected chi connectivity index (χ2v) is 4.79. The van der Waals surface area contributed by atoms with Crippen molar-refractivity contribution in [2.45, 2.75) is 26.4 Å². The molecule has 0 aliphatic carbocycles. The maximum atomic E-state index is 10.3. The van der Waals surface area contributed by atoms with Gasteiger partial charge in [-0.05, 0) is 43.2 Å². The number of nitrogens with zero attached hydrogens (tertiary/aromatic N) is 1. The molecule has 6 heteroatoms. The maximum Gasteiger partial charge on any atom is 0.191 e. The molecule has 0 saturated heterocycles. The summed E-state index contributed by atoms with van der Waals surface area (Å²) in [5.74, 6) is 0.741. The monoisotopic (exact) mass is 383 g/mol. The predicted molar refractivity (Wildman–Crippen MR) is 89.0 cm³/mol. The summed E-state index contributed by atoms with van der Waals surface area (Å²) in [7, 11) is 0. The first-order valence-electron chi connectivity index (χ1n) is 5.87. The highest BCUT2D eigenvalue weighted by Crippen LogP contribution is 2.23. The minimum atomic E-state index is -0.907. The van der Waals surface area contributed by atoms with Gasteiger partial charge in [-0.2, -0.15) is 11.3 Å². The number of hydrogen-bond donors (Lipinski definition) is 3. The van der Waals surface area contributed by atoms with Crippen LogP contribution in [0.5, 0.6) is 0 Å². The summed E-state index contributed by atoms with van der Waals surface area (Å²) in [6.45, 7) is 7.79. The van der Waals surface area contributed by atoms with Gasteiger partial charge in [0.05, 0.1) is 6.54 Å². The lowest BCUT2D eigenvalue weighted by Gasteiger charge is -2.20. The zero-order valence-corrected chi connectivity index (χ0v) is 14.2. The highest BCUT2D eigenvalue weighted by molar-refractivity contribution is 14.0. The fraction of sp³-hybridized carbons (Fsp3) is 0.583. The standard InChI is InChI=1S/C12H21N3OS.HI/c1-4-13-11(14-5-2)15-9-12(3,16)10-6-7-17-8-10;/h6-8,16H,4-5,9H2,1-3H3,(H2,13,14,15);1H. The van der Waals surface area contributed by atoms with E-state index in [1.54, 1.807) is 18.3 Å². The second-order valence-electron chi connectivity index (χ2n) is 4.01. The Labute approximate surface area is 130 Å². The fourth-order valence-corrected chi connectivity index (χ4v) is 2.19. The predicted octanol–water partition coefficient (Wildman–Crippen LogP) is 2.15. The quantitative estimate of drug-likeness (QED) is 0.415. The first-order valence-corrected chi connectivity index (χ1v) is 6.81. The average molecular weight is 383 g/mol. The maximum absolute atomic E-state index is 10.3. The van der Waals surface area contributed by atoms with E-state index >= 15 is 0 Å². The highest BCUT2D eigenvalue weighted by atomic mass is 127. The van der Waals surface area contributed by atoms with Crippen LogP contribution in [0.25, 0.3) is 0 Å². The number of aliphatic imine (C=N–C) groups is 1. The summed E-state index contributed by atoms with van der Waals surface area (Å²) in [6, 6.07) is 1.93. The van der Waals surface area contributed by atoms with Gasteiger partial charge in [-0.25, -0.2) is 4.99 Å². The van der Waals surface area contributed by atoms with Gasteiger partial charge in [-0.3, -0.25) is 0 Å². The molecule has 0 spiro atoms. The number of hydrogen-bond acceptors (Lipinski definition) is 3. The third kappa shape index (κ3) is 5.53. The van der Waals surface area contributed by atoms with Crippen LogP contribution < -0.4 is 10.6 Å². The Bertz CT molecular complexity index is 344. The van der Waals surface area contributed by atoms with Crippen molar-refractivity contribution < 1.29 is 5.11 Å². The lowest BCUT2D eigenvalue weighted by Crippen LogP contribution is -2.38. The minimum absolute atomic E-state index is 0. The van der Waals surface area contributed by atoms with Gasteiger partial charge >= 0.3 is 0 Å². The smallest absolute Gasteiger partial charge is 0.191 e. The van der Waals surface area contributed by atoms with Gasteiger partial charge in [-0.15, -0.1) is 24.0 Å². The molecule has 4 nitrogen and oxygen atoms in total. The van der Waals surface area contributed by atoms with Crippen molar-refractivity contribution in [3.05, 3.63) is 22.4 Å². The van der Waals surface area contributed by atoms with Gasteiger partial charge in [0.2, 0.25) is 0 Å². The van der Waals surface area contributed by atoms with Crippen molar-refractivity contribution in [1.82, 2.24) is 10.6 Å². The first kappa shape index (κ1) is 17.7. The van der Waals surface area contributed by atoms with Crippen LogP contribution in [0.4, 0.5) is 0 Å². The lowest BCUT2D eigenvalue weighted by molar-refractivity contribution is 0.0677. The van der Waals surface area contributed by atoms with Crippen LogP contribution in [0.3, 0.4) is 0 Å². The van der Waals surface area contributed by atoms with Gasteiger partial charge < -0.3 is 15.7 Å². The molecule has 1 unspecified atom stereocenters. The largest absolute Gasteiger partial charge is 0.383 e. The van der Waals surface area contributed by atoms with E-state index in [1.165, 1.54) is 0 Å². The van der Waals surface area contributed by atoms with Crippen LogP contribution in [0.15, 0.2) is 21.8 Å². The van der Waals surface area contributed by atoms with E-state index in [1.807, 2.05) is 30.7 Å². The van der Waals surface area contributed by atoms with E-state index in [-0.39, 0.29) is 24.0 Å². The number of thiophene rings is 1. The van der Waals surface area contributed by atoms with E-state index in [0.29, 0.717) is 6.54 Å². The molecule has 0 fully saturated rings. The van der Waals surface area contributed by atoms with E-state index in [4.69, 9.17) is 0 Å². The summed E-state index contributed by atoms with van der Waals surface area (Å²) in [5, 5.41) is 20.5. The molecule has 1 heterocycles. The fourth-order valence-electron chi connectivity index (χ4n) is 1.40. The van der Waals surface area contributed by atoms with E-state index < -0.39 is 5.60 Å². The molecule has 0 bridgehead atoms. The van der Waals surface area contributed by atoms with Crippen LogP contribution in [0.2, 0.25) is 0 Å². The van der Waals surface area contributed by atoms with Crippen LogP contribution in [-0.2, 0) is 5.60 Å². The summed E-state index contributed by atoms with van der Waals surface area (Å²) in [6.07, 6.45) is 0. The zero-order chi connectivity index (χ0) is 12.7. The van der Waals surface area contributed by atoms with E-state index in [2.05, 4.69) is 15.6 Å². The Morgan fingerprint density at radius 2 is 2.00 bits per heavy atom. The molecular formula is C12H22IN3OS. The van der Waals surface area contributed by atoms with Gasteiger partial charge in [0.15, 0.2) is 5.96 Å². The molecule has 1 atom stereocenters. The van der Waals surface area contributed by atoms with Crippen molar-refractivity contribution >= 4 is 41.3 Å². The molecule has 104 valence electrons. The van der Waals surface area contributed by atoms with Gasteiger partial charge in [-0.1, -0.05) is 0 Å². The average Bonchev–Trinajstić information content (AvgIpc) is 2.81.